The first-order chi connectivity index (χ1) is 6.86. The molecular weight excluding hydrogens is 236 g/mol. The van der Waals surface area contributed by atoms with Crippen LogP contribution in [0.1, 0.15) is 11.1 Å². The van der Waals surface area contributed by atoms with Gasteiger partial charge in [0, 0.05) is 5.33 Å². The highest BCUT2D eigenvalue weighted by molar-refractivity contribution is 9.08. The van der Waals surface area contributed by atoms with Gasteiger partial charge in [0.05, 0.1) is 0 Å². The van der Waals surface area contributed by atoms with Crippen molar-refractivity contribution < 1.29 is 0 Å². The molecule has 2 aromatic carbocycles. The van der Waals surface area contributed by atoms with Crippen LogP contribution in [-0.4, -0.2) is 0 Å². The molecule has 0 fully saturated rings. The molecule has 0 radical (unpaired) electrons. The molecule has 0 saturated heterocycles. The molecule has 0 atom stereocenters. The summed E-state index contributed by atoms with van der Waals surface area (Å²) < 4.78 is 0. The van der Waals surface area contributed by atoms with Crippen molar-refractivity contribution in [2.24, 2.45) is 0 Å². The van der Waals surface area contributed by atoms with Crippen LogP contribution in [0, 0.1) is 0 Å². The van der Waals surface area contributed by atoms with Crippen molar-refractivity contribution in [1.82, 2.24) is 0 Å². The van der Waals surface area contributed by atoms with Crippen molar-refractivity contribution in [3.8, 4) is 0 Å². The Morgan fingerprint density at radius 2 is 1.93 bits per heavy atom. The third-order valence-corrected chi connectivity index (χ3v) is 2.99. The quantitative estimate of drug-likeness (QED) is 0.691. The van der Waals surface area contributed by atoms with Crippen LogP contribution in [-0.2, 0) is 5.33 Å². The number of rotatable bonds is 2. The lowest BCUT2D eigenvalue weighted by Crippen LogP contribution is -1.86. The van der Waals surface area contributed by atoms with E-state index in [1.807, 2.05) is 6.08 Å². The average molecular weight is 247 g/mol. The van der Waals surface area contributed by atoms with Gasteiger partial charge in [-0.15, -0.1) is 0 Å². The Hall–Kier alpha value is -1.08. The minimum atomic E-state index is 0.871. The monoisotopic (exact) mass is 246 g/mol. The first-order valence-corrected chi connectivity index (χ1v) is 5.68. The summed E-state index contributed by atoms with van der Waals surface area (Å²) in [7, 11) is 0. The largest absolute Gasteiger partial charge is 0.0985 e. The molecule has 0 bridgehead atoms. The molecule has 2 aromatic rings. The maximum absolute atomic E-state index is 3.83. The van der Waals surface area contributed by atoms with Crippen LogP contribution in [0.2, 0.25) is 0 Å². The van der Waals surface area contributed by atoms with Crippen molar-refractivity contribution in [1.29, 1.82) is 0 Å². The topological polar surface area (TPSA) is 0 Å². The molecule has 0 aliphatic rings. The highest BCUT2D eigenvalue weighted by atomic mass is 79.9. The van der Waals surface area contributed by atoms with Crippen molar-refractivity contribution >= 4 is 32.8 Å². The van der Waals surface area contributed by atoms with E-state index in [4.69, 9.17) is 0 Å². The molecular formula is C13H11Br. The van der Waals surface area contributed by atoms with Gasteiger partial charge in [-0.3, -0.25) is 0 Å². The molecule has 0 saturated carbocycles. The second-order valence-electron chi connectivity index (χ2n) is 3.19. The standard InChI is InChI=1S/C13H11Br/c1-2-10-7-8-11-5-3-4-6-12(11)13(10)9-14/h2-8H,1,9H2. The lowest BCUT2D eigenvalue weighted by Gasteiger charge is -2.07. The molecule has 2 rings (SSSR count). The van der Waals surface area contributed by atoms with Crippen LogP contribution in [0.15, 0.2) is 43.0 Å². The summed E-state index contributed by atoms with van der Waals surface area (Å²) in [4.78, 5) is 0. The van der Waals surface area contributed by atoms with Gasteiger partial charge >= 0.3 is 0 Å². The molecule has 1 heteroatoms. The summed E-state index contributed by atoms with van der Waals surface area (Å²) in [5, 5.41) is 3.46. The molecule has 0 amide bonds. The third-order valence-electron chi connectivity index (χ3n) is 2.43. The molecule has 0 aliphatic heterocycles. The van der Waals surface area contributed by atoms with E-state index in [1.54, 1.807) is 0 Å². The van der Waals surface area contributed by atoms with Crippen LogP contribution in [0.4, 0.5) is 0 Å². The van der Waals surface area contributed by atoms with E-state index in [2.05, 4.69) is 58.9 Å². The van der Waals surface area contributed by atoms with E-state index in [1.165, 1.54) is 21.9 Å². The van der Waals surface area contributed by atoms with Gasteiger partial charge in [0.1, 0.15) is 0 Å². The zero-order valence-electron chi connectivity index (χ0n) is 7.83. The van der Waals surface area contributed by atoms with E-state index >= 15 is 0 Å². The molecule has 0 N–H and O–H groups in total. The van der Waals surface area contributed by atoms with Crippen molar-refractivity contribution in [2.75, 3.05) is 0 Å². The Morgan fingerprint density at radius 1 is 1.14 bits per heavy atom. The van der Waals surface area contributed by atoms with E-state index in [9.17, 15) is 0 Å². The summed E-state index contributed by atoms with van der Waals surface area (Å²) >= 11 is 3.52. The molecule has 0 unspecified atom stereocenters. The van der Waals surface area contributed by atoms with Gasteiger partial charge in [-0.25, -0.2) is 0 Å². The fraction of sp³-hybridized carbons (Fsp3) is 0.0769. The Balaban J connectivity index is 2.83. The molecule has 0 aliphatic carbocycles. The van der Waals surface area contributed by atoms with Gasteiger partial charge in [0.25, 0.3) is 0 Å². The number of halogens is 1. The van der Waals surface area contributed by atoms with Crippen LogP contribution >= 0.6 is 15.9 Å². The predicted octanol–water partition coefficient (Wildman–Crippen LogP) is 4.38. The smallest absolute Gasteiger partial charge is 0.0295 e. The second kappa shape index (κ2) is 3.97. The summed E-state index contributed by atoms with van der Waals surface area (Å²) in [6.07, 6.45) is 1.91. The molecule has 14 heavy (non-hydrogen) atoms. The summed E-state index contributed by atoms with van der Waals surface area (Å²) in [6.45, 7) is 3.83. The van der Waals surface area contributed by atoms with Gasteiger partial charge in [0.2, 0.25) is 0 Å². The first kappa shape index (κ1) is 9.47. The molecule has 0 spiro atoms. The van der Waals surface area contributed by atoms with Crippen LogP contribution < -0.4 is 0 Å². The summed E-state index contributed by atoms with van der Waals surface area (Å²) in [5.74, 6) is 0. The van der Waals surface area contributed by atoms with E-state index in [-0.39, 0.29) is 0 Å². The van der Waals surface area contributed by atoms with E-state index in [0.29, 0.717) is 0 Å². The highest BCUT2D eigenvalue weighted by Gasteiger charge is 2.02. The fourth-order valence-electron chi connectivity index (χ4n) is 1.69. The Labute approximate surface area is 92.4 Å². The van der Waals surface area contributed by atoms with Crippen LogP contribution in [0.25, 0.3) is 16.8 Å². The van der Waals surface area contributed by atoms with Gasteiger partial charge < -0.3 is 0 Å². The minimum Gasteiger partial charge on any atom is -0.0985 e. The minimum absolute atomic E-state index is 0.871. The molecule has 0 aromatic heterocycles. The Bertz CT molecular complexity index is 472. The van der Waals surface area contributed by atoms with Crippen molar-refractivity contribution in [3.05, 3.63) is 54.1 Å². The number of hydrogen-bond donors (Lipinski definition) is 0. The van der Waals surface area contributed by atoms with E-state index < -0.39 is 0 Å². The SMILES string of the molecule is C=Cc1ccc2ccccc2c1CBr. The first-order valence-electron chi connectivity index (χ1n) is 4.56. The predicted molar refractivity (Wildman–Crippen MR) is 66.7 cm³/mol. The third kappa shape index (κ3) is 1.48. The lowest BCUT2D eigenvalue weighted by molar-refractivity contribution is 1.46. The maximum atomic E-state index is 3.83. The Kier molecular flexibility index (Phi) is 2.69. The normalized spacial score (nSPS) is 10.4. The number of hydrogen-bond acceptors (Lipinski definition) is 0. The number of fused-ring (bicyclic) bond motifs is 1. The number of benzene rings is 2. The molecule has 70 valence electrons. The second-order valence-corrected chi connectivity index (χ2v) is 3.75. The average Bonchev–Trinajstić information content (AvgIpc) is 2.27. The fourth-order valence-corrected chi connectivity index (χ4v) is 2.32. The molecule has 0 nitrogen and oxygen atoms in total. The van der Waals surface area contributed by atoms with Gasteiger partial charge in [-0.05, 0) is 21.9 Å². The zero-order valence-corrected chi connectivity index (χ0v) is 9.42. The van der Waals surface area contributed by atoms with Gasteiger partial charge in [-0.2, -0.15) is 0 Å². The van der Waals surface area contributed by atoms with Crippen molar-refractivity contribution in [2.45, 2.75) is 5.33 Å². The zero-order chi connectivity index (χ0) is 9.97. The Morgan fingerprint density at radius 3 is 2.64 bits per heavy atom. The summed E-state index contributed by atoms with van der Waals surface area (Å²) in [6, 6.07) is 12.7. The van der Waals surface area contributed by atoms with Crippen molar-refractivity contribution in [3.63, 3.8) is 0 Å². The number of alkyl halides is 1. The van der Waals surface area contributed by atoms with Gasteiger partial charge in [0.15, 0.2) is 0 Å². The van der Waals surface area contributed by atoms with Crippen LogP contribution in [0.5, 0.6) is 0 Å². The highest BCUT2D eigenvalue weighted by Crippen LogP contribution is 2.25. The maximum Gasteiger partial charge on any atom is 0.0295 e. The van der Waals surface area contributed by atoms with Gasteiger partial charge in [-0.1, -0.05) is 65.0 Å². The van der Waals surface area contributed by atoms with Crippen LogP contribution in [0.3, 0.4) is 0 Å². The lowest BCUT2D eigenvalue weighted by atomic mass is 10.0. The van der Waals surface area contributed by atoms with E-state index in [0.717, 1.165) is 5.33 Å². The summed E-state index contributed by atoms with van der Waals surface area (Å²) in [5.41, 5.74) is 2.53. The molecule has 0 heterocycles.